The molecule has 0 spiro atoms. The molecule has 0 aromatic rings. The first-order chi connectivity index (χ1) is 7.79. The number of aliphatic hydroxyl groups is 1. The van der Waals surface area contributed by atoms with Gasteiger partial charge >= 0.3 is 0 Å². The van der Waals surface area contributed by atoms with Crippen LogP contribution in [0.4, 0.5) is 0 Å². The molecule has 94 valence electrons. The molecule has 4 nitrogen and oxygen atoms in total. The maximum absolute atomic E-state index is 9.13. The van der Waals surface area contributed by atoms with E-state index < -0.39 is 0 Å². The van der Waals surface area contributed by atoms with E-state index >= 15 is 0 Å². The van der Waals surface area contributed by atoms with Crippen molar-refractivity contribution in [2.75, 3.05) is 52.5 Å². The average Bonchev–Trinajstić information content (AvgIpc) is 2.79. The Morgan fingerprint density at radius 2 is 2.06 bits per heavy atom. The maximum atomic E-state index is 9.13. The molecule has 16 heavy (non-hydrogen) atoms. The number of morpholine rings is 1. The van der Waals surface area contributed by atoms with Gasteiger partial charge in [-0.15, -0.1) is 0 Å². The van der Waals surface area contributed by atoms with Gasteiger partial charge < -0.3 is 9.84 Å². The monoisotopic (exact) mass is 228 g/mol. The fourth-order valence-electron chi connectivity index (χ4n) is 2.68. The third-order valence-corrected chi connectivity index (χ3v) is 3.82. The number of ether oxygens (including phenoxy) is 1. The van der Waals surface area contributed by atoms with Crippen LogP contribution in [0.2, 0.25) is 0 Å². The van der Waals surface area contributed by atoms with Crippen molar-refractivity contribution in [3.8, 4) is 0 Å². The quantitative estimate of drug-likeness (QED) is 0.736. The predicted octanol–water partition coefficient (Wildman–Crippen LogP) is 0.0213. The van der Waals surface area contributed by atoms with Crippen LogP contribution in [0.25, 0.3) is 0 Å². The van der Waals surface area contributed by atoms with Crippen LogP contribution in [0.5, 0.6) is 0 Å². The topological polar surface area (TPSA) is 35.9 Å². The summed E-state index contributed by atoms with van der Waals surface area (Å²) in [5, 5.41) is 9.13. The predicted molar refractivity (Wildman–Crippen MR) is 63.5 cm³/mol. The molecule has 0 aromatic carbocycles. The van der Waals surface area contributed by atoms with Gasteiger partial charge in [0.15, 0.2) is 0 Å². The van der Waals surface area contributed by atoms with E-state index in [1.54, 1.807) is 0 Å². The number of aliphatic hydroxyl groups excluding tert-OH is 1. The molecule has 0 amide bonds. The molecule has 2 atom stereocenters. The molecule has 2 aliphatic rings. The standard InChI is InChI=1S/C12H24N2O2/c1-11(8-13-4-6-16-7-5-13)14-3-2-12(9-14)10-15/h11-12,15H,2-10H2,1H3. The molecule has 2 rings (SSSR count). The lowest BCUT2D eigenvalue weighted by molar-refractivity contribution is 0.0261. The van der Waals surface area contributed by atoms with Gasteiger partial charge in [-0.05, 0) is 25.8 Å². The molecule has 0 aromatic heterocycles. The molecule has 0 aliphatic carbocycles. The second-order valence-corrected chi connectivity index (χ2v) is 5.09. The summed E-state index contributed by atoms with van der Waals surface area (Å²) in [7, 11) is 0. The van der Waals surface area contributed by atoms with Crippen LogP contribution in [0.3, 0.4) is 0 Å². The number of likely N-dealkylation sites (tertiary alicyclic amines) is 1. The number of nitrogens with zero attached hydrogens (tertiary/aromatic N) is 2. The minimum atomic E-state index is 0.348. The second kappa shape index (κ2) is 5.96. The van der Waals surface area contributed by atoms with Crippen molar-refractivity contribution in [3.63, 3.8) is 0 Å². The summed E-state index contributed by atoms with van der Waals surface area (Å²) in [6.45, 7) is 9.91. The highest BCUT2D eigenvalue weighted by atomic mass is 16.5. The fraction of sp³-hybridized carbons (Fsp3) is 1.00. The molecule has 2 fully saturated rings. The lowest BCUT2D eigenvalue weighted by Gasteiger charge is -2.33. The van der Waals surface area contributed by atoms with Gasteiger partial charge in [-0.3, -0.25) is 9.80 Å². The largest absolute Gasteiger partial charge is 0.396 e. The Bertz CT molecular complexity index is 207. The molecule has 0 radical (unpaired) electrons. The van der Waals surface area contributed by atoms with E-state index in [2.05, 4.69) is 16.7 Å². The Labute approximate surface area is 98.2 Å². The molecule has 2 heterocycles. The van der Waals surface area contributed by atoms with Gasteiger partial charge in [0.05, 0.1) is 13.2 Å². The van der Waals surface area contributed by atoms with Gasteiger partial charge in [0.1, 0.15) is 0 Å². The summed E-state index contributed by atoms with van der Waals surface area (Å²) in [4.78, 5) is 5.00. The van der Waals surface area contributed by atoms with Crippen LogP contribution < -0.4 is 0 Å². The first kappa shape index (κ1) is 12.3. The summed E-state index contributed by atoms with van der Waals surface area (Å²) < 4.78 is 5.35. The van der Waals surface area contributed by atoms with Crippen molar-refractivity contribution < 1.29 is 9.84 Å². The Morgan fingerprint density at radius 1 is 1.31 bits per heavy atom. The van der Waals surface area contributed by atoms with E-state index in [0.717, 1.165) is 52.4 Å². The smallest absolute Gasteiger partial charge is 0.0594 e. The highest BCUT2D eigenvalue weighted by Crippen LogP contribution is 2.18. The Balaban J connectivity index is 1.72. The molecule has 4 heteroatoms. The van der Waals surface area contributed by atoms with E-state index in [0.29, 0.717) is 18.6 Å². The Morgan fingerprint density at radius 3 is 2.69 bits per heavy atom. The van der Waals surface area contributed by atoms with Crippen molar-refractivity contribution in [2.24, 2.45) is 5.92 Å². The molecule has 2 aliphatic heterocycles. The second-order valence-electron chi connectivity index (χ2n) is 5.09. The van der Waals surface area contributed by atoms with Crippen LogP contribution in [-0.2, 0) is 4.74 Å². The van der Waals surface area contributed by atoms with Crippen molar-refractivity contribution in [2.45, 2.75) is 19.4 Å². The van der Waals surface area contributed by atoms with Gasteiger partial charge in [0.2, 0.25) is 0 Å². The molecule has 0 saturated carbocycles. The van der Waals surface area contributed by atoms with Crippen molar-refractivity contribution in [1.82, 2.24) is 9.80 Å². The third-order valence-electron chi connectivity index (χ3n) is 3.82. The average molecular weight is 228 g/mol. The van der Waals surface area contributed by atoms with Crippen LogP contribution in [0.1, 0.15) is 13.3 Å². The Kier molecular flexibility index (Phi) is 4.58. The van der Waals surface area contributed by atoms with Gasteiger partial charge in [-0.2, -0.15) is 0 Å². The zero-order chi connectivity index (χ0) is 11.4. The van der Waals surface area contributed by atoms with Crippen LogP contribution in [-0.4, -0.2) is 73.5 Å². The molecule has 2 saturated heterocycles. The van der Waals surface area contributed by atoms with Crippen molar-refractivity contribution in [1.29, 1.82) is 0 Å². The SMILES string of the molecule is CC(CN1CCOCC1)N1CCC(CO)C1. The number of hydrogen-bond donors (Lipinski definition) is 1. The van der Waals surface area contributed by atoms with E-state index in [1.807, 2.05) is 0 Å². The van der Waals surface area contributed by atoms with Crippen LogP contribution in [0, 0.1) is 5.92 Å². The summed E-state index contributed by atoms with van der Waals surface area (Å²) >= 11 is 0. The highest BCUT2D eigenvalue weighted by molar-refractivity contribution is 4.81. The first-order valence-corrected chi connectivity index (χ1v) is 6.44. The summed E-state index contributed by atoms with van der Waals surface area (Å²) in [5.41, 5.74) is 0. The van der Waals surface area contributed by atoms with E-state index in [1.165, 1.54) is 0 Å². The zero-order valence-electron chi connectivity index (χ0n) is 10.3. The fourth-order valence-corrected chi connectivity index (χ4v) is 2.68. The molecular formula is C12H24N2O2. The maximum Gasteiger partial charge on any atom is 0.0594 e. The third kappa shape index (κ3) is 3.17. The first-order valence-electron chi connectivity index (χ1n) is 6.44. The van der Waals surface area contributed by atoms with Crippen LogP contribution in [0.15, 0.2) is 0 Å². The van der Waals surface area contributed by atoms with Crippen molar-refractivity contribution >= 4 is 0 Å². The van der Waals surface area contributed by atoms with E-state index in [9.17, 15) is 0 Å². The van der Waals surface area contributed by atoms with Gasteiger partial charge in [-0.1, -0.05) is 0 Å². The number of rotatable bonds is 4. The van der Waals surface area contributed by atoms with Crippen molar-refractivity contribution in [3.05, 3.63) is 0 Å². The summed E-state index contributed by atoms with van der Waals surface area (Å²) in [6, 6.07) is 0.606. The van der Waals surface area contributed by atoms with Gasteiger partial charge in [0.25, 0.3) is 0 Å². The minimum Gasteiger partial charge on any atom is -0.396 e. The minimum absolute atomic E-state index is 0.348. The Hall–Kier alpha value is -0.160. The lowest BCUT2D eigenvalue weighted by atomic mass is 10.1. The summed E-state index contributed by atoms with van der Waals surface area (Å²) in [6.07, 6.45) is 1.16. The van der Waals surface area contributed by atoms with E-state index in [-0.39, 0.29) is 0 Å². The van der Waals surface area contributed by atoms with Gasteiger partial charge in [-0.25, -0.2) is 0 Å². The number of hydrogen-bond acceptors (Lipinski definition) is 4. The van der Waals surface area contributed by atoms with Crippen LogP contribution >= 0.6 is 0 Å². The van der Waals surface area contributed by atoms with E-state index in [4.69, 9.17) is 9.84 Å². The highest BCUT2D eigenvalue weighted by Gasteiger charge is 2.26. The molecule has 1 N–H and O–H groups in total. The molecule has 2 unspecified atom stereocenters. The van der Waals surface area contributed by atoms with Gasteiger partial charge in [0, 0.05) is 38.8 Å². The summed E-state index contributed by atoms with van der Waals surface area (Å²) in [5.74, 6) is 0.507. The molecule has 0 bridgehead atoms. The zero-order valence-corrected chi connectivity index (χ0v) is 10.3. The molecular weight excluding hydrogens is 204 g/mol. The lowest BCUT2D eigenvalue weighted by Crippen LogP contribution is -2.45. The normalized spacial score (nSPS) is 30.8.